The van der Waals surface area contributed by atoms with Crippen molar-refractivity contribution in [3.05, 3.63) is 30.0 Å². The molecular formula is C11H10FNO2S. The van der Waals surface area contributed by atoms with E-state index >= 15 is 0 Å². The number of ether oxygens (including phenoxy) is 1. The van der Waals surface area contributed by atoms with E-state index < -0.39 is 6.67 Å². The molecule has 1 aromatic heterocycles. The van der Waals surface area contributed by atoms with Crippen molar-refractivity contribution >= 4 is 28.2 Å². The van der Waals surface area contributed by atoms with Gasteiger partial charge in [0.15, 0.2) is 5.75 Å². The standard InChI is InChI=1S/C11H10FNO2S/c12-5-6-14-9-7-3-1-2-4-8(7)15-10(9)11(13)16/h1-4H,5-6H2,(H2,13,16). The monoisotopic (exact) mass is 239 g/mol. The molecule has 0 spiro atoms. The Labute approximate surface area is 97.0 Å². The Hall–Kier alpha value is -1.62. The van der Waals surface area contributed by atoms with Crippen LogP contribution in [0.25, 0.3) is 11.0 Å². The van der Waals surface area contributed by atoms with Crippen molar-refractivity contribution in [3.8, 4) is 5.75 Å². The summed E-state index contributed by atoms with van der Waals surface area (Å²) in [5.74, 6) is 0.713. The fraction of sp³-hybridized carbons (Fsp3) is 0.182. The van der Waals surface area contributed by atoms with Crippen LogP contribution in [0.2, 0.25) is 0 Å². The van der Waals surface area contributed by atoms with Crippen LogP contribution >= 0.6 is 12.2 Å². The molecule has 0 aliphatic carbocycles. The van der Waals surface area contributed by atoms with E-state index in [1.165, 1.54) is 0 Å². The highest BCUT2D eigenvalue weighted by Gasteiger charge is 2.17. The quantitative estimate of drug-likeness (QED) is 0.832. The van der Waals surface area contributed by atoms with Crippen LogP contribution in [-0.2, 0) is 0 Å². The third-order valence-corrected chi connectivity index (χ3v) is 2.28. The third-order valence-electron chi connectivity index (χ3n) is 2.10. The number of rotatable bonds is 4. The van der Waals surface area contributed by atoms with Crippen LogP contribution in [0.1, 0.15) is 5.76 Å². The molecule has 0 unspecified atom stereocenters. The summed E-state index contributed by atoms with van der Waals surface area (Å²) in [6.45, 7) is -0.616. The zero-order valence-corrected chi connectivity index (χ0v) is 9.22. The van der Waals surface area contributed by atoms with E-state index in [0.29, 0.717) is 17.1 Å². The topological polar surface area (TPSA) is 48.4 Å². The molecule has 1 heterocycles. The molecule has 84 valence electrons. The zero-order valence-electron chi connectivity index (χ0n) is 8.40. The molecule has 0 aliphatic rings. The molecule has 5 heteroatoms. The van der Waals surface area contributed by atoms with Crippen LogP contribution < -0.4 is 10.5 Å². The summed E-state index contributed by atoms with van der Waals surface area (Å²) < 4.78 is 22.8. The number of alkyl halides is 1. The van der Waals surface area contributed by atoms with Crippen LogP contribution in [-0.4, -0.2) is 18.3 Å². The fourth-order valence-electron chi connectivity index (χ4n) is 1.47. The SMILES string of the molecule is NC(=S)c1oc2ccccc2c1OCCF. The number of hydrogen-bond acceptors (Lipinski definition) is 3. The summed E-state index contributed by atoms with van der Waals surface area (Å²) in [6.07, 6.45) is 0. The van der Waals surface area contributed by atoms with Crippen LogP contribution in [0.4, 0.5) is 4.39 Å². The van der Waals surface area contributed by atoms with Crippen molar-refractivity contribution in [1.29, 1.82) is 0 Å². The fourth-order valence-corrected chi connectivity index (χ4v) is 1.60. The highest BCUT2D eigenvalue weighted by atomic mass is 32.1. The van der Waals surface area contributed by atoms with E-state index in [1.807, 2.05) is 18.2 Å². The number of nitrogens with two attached hydrogens (primary N) is 1. The average molecular weight is 239 g/mol. The van der Waals surface area contributed by atoms with Crippen molar-refractivity contribution in [2.75, 3.05) is 13.3 Å². The predicted molar refractivity (Wildman–Crippen MR) is 63.6 cm³/mol. The zero-order chi connectivity index (χ0) is 11.5. The van der Waals surface area contributed by atoms with Crippen LogP contribution in [0.3, 0.4) is 0 Å². The highest BCUT2D eigenvalue weighted by Crippen LogP contribution is 2.32. The molecule has 0 saturated carbocycles. The molecule has 2 aromatic rings. The Morgan fingerprint density at radius 1 is 1.44 bits per heavy atom. The van der Waals surface area contributed by atoms with E-state index in [4.69, 9.17) is 27.1 Å². The van der Waals surface area contributed by atoms with Crippen LogP contribution in [0.15, 0.2) is 28.7 Å². The van der Waals surface area contributed by atoms with E-state index in [2.05, 4.69) is 0 Å². The average Bonchev–Trinajstić information content (AvgIpc) is 2.65. The Morgan fingerprint density at radius 2 is 2.19 bits per heavy atom. The van der Waals surface area contributed by atoms with Gasteiger partial charge in [-0.15, -0.1) is 0 Å². The Kier molecular flexibility index (Phi) is 3.05. The van der Waals surface area contributed by atoms with Crippen molar-refractivity contribution < 1.29 is 13.5 Å². The Bertz CT molecular complexity index is 524. The molecule has 0 amide bonds. The smallest absolute Gasteiger partial charge is 0.204 e. The molecule has 3 nitrogen and oxygen atoms in total. The highest BCUT2D eigenvalue weighted by molar-refractivity contribution is 7.80. The second kappa shape index (κ2) is 4.49. The number of hydrogen-bond donors (Lipinski definition) is 1. The number of benzene rings is 1. The van der Waals surface area contributed by atoms with Gasteiger partial charge in [-0.05, 0) is 12.1 Å². The lowest BCUT2D eigenvalue weighted by Crippen LogP contribution is -2.10. The van der Waals surface area contributed by atoms with Crippen molar-refractivity contribution in [3.63, 3.8) is 0 Å². The van der Waals surface area contributed by atoms with Gasteiger partial charge in [-0.1, -0.05) is 24.4 Å². The molecule has 2 N–H and O–H groups in total. The summed E-state index contributed by atoms with van der Waals surface area (Å²) >= 11 is 4.85. The molecule has 0 aliphatic heterocycles. The molecule has 0 radical (unpaired) electrons. The molecule has 1 aromatic carbocycles. The summed E-state index contributed by atoms with van der Waals surface area (Å²) in [5, 5.41) is 0.749. The minimum atomic E-state index is -0.573. The van der Waals surface area contributed by atoms with Crippen molar-refractivity contribution in [2.45, 2.75) is 0 Å². The lowest BCUT2D eigenvalue weighted by Gasteiger charge is -2.02. The predicted octanol–water partition coefficient (Wildman–Crippen LogP) is 2.42. The van der Waals surface area contributed by atoms with Crippen molar-refractivity contribution in [1.82, 2.24) is 0 Å². The van der Waals surface area contributed by atoms with E-state index in [0.717, 1.165) is 5.39 Å². The number of furan rings is 1. The Morgan fingerprint density at radius 3 is 2.88 bits per heavy atom. The van der Waals surface area contributed by atoms with Crippen molar-refractivity contribution in [2.24, 2.45) is 5.73 Å². The van der Waals surface area contributed by atoms with Gasteiger partial charge in [0.2, 0.25) is 5.76 Å². The molecule has 2 rings (SSSR count). The summed E-state index contributed by atoms with van der Waals surface area (Å²) in [7, 11) is 0. The second-order valence-corrected chi connectivity index (χ2v) is 3.60. The van der Waals surface area contributed by atoms with Crippen LogP contribution in [0, 0.1) is 0 Å². The van der Waals surface area contributed by atoms with Gasteiger partial charge in [0, 0.05) is 0 Å². The first-order valence-electron chi connectivity index (χ1n) is 4.74. The largest absolute Gasteiger partial charge is 0.486 e. The molecule has 0 saturated heterocycles. The molecule has 0 atom stereocenters. The van der Waals surface area contributed by atoms with Gasteiger partial charge >= 0.3 is 0 Å². The maximum Gasteiger partial charge on any atom is 0.204 e. The van der Waals surface area contributed by atoms with Gasteiger partial charge in [0.05, 0.1) is 5.39 Å². The maximum absolute atomic E-state index is 12.1. The Balaban J connectivity index is 2.55. The first-order chi connectivity index (χ1) is 7.74. The lowest BCUT2D eigenvalue weighted by molar-refractivity contribution is 0.272. The van der Waals surface area contributed by atoms with E-state index in [1.54, 1.807) is 6.07 Å². The van der Waals surface area contributed by atoms with Gasteiger partial charge in [-0.25, -0.2) is 4.39 Å². The van der Waals surface area contributed by atoms with E-state index in [9.17, 15) is 4.39 Å². The van der Waals surface area contributed by atoms with Gasteiger partial charge in [-0.3, -0.25) is 0 Å². The minimum Gasteiger partial charge on any atom is -0.486 e. The second-order valence-electron chi connectivity index (χ2n) is 3.16. The molecule has 16 heavy (non-hydrogen) atoms. The first kappa shape index (κ1) is 10.9. The van der Waals surface area contributed by atoms with E-state index in [-0.39, 0.29) is 11.6 Å². The summed E-state index contributed by atoms with van der Waals surface area (Å²) in [6, 6.07) is 7.26. The molecule has 0 fully saturated rings. The number of para-hydroxylation sites is 1. The summed E-state index contributed by atoms with van der Waals surface area (Å²) in [5.41, 5.74) is 6.14. The van der Waals surface area contributed by atoms with Crippen LogP contribution in [0.5, 0.6) is 5.75 Å². The summed E-state index contributed by atoms with van der Waals surface area (Å²) in [4.78, 5) is 0.102. The number of fused-ring (bicyclic) bond motifs is 1. The van der Waals surface area contributed by atoms with Gasteiger partial charge in [0.25, 0.3) is 0 Å². The lowest BCUT2D eigenvalue weighted by atomic mass is 10.2. The van der Waals surface area contributed by atoms with Gasteiger partial charge in [-0.2, -0.15) is 0 Å². The molecular weight excluding hydrogens is 229 g/mol. The molecule has 0 bridgehead atoms. The van der Waals surface area contributed by atoms with Gasteiger partial charge < -0.3 is 14.9 Å². The number of thiocarbonyl (C=S) groups is 1. The minimum absolute atomic E-state index is 0.0425. The van der Waals surface area contributed by atoms with Gasteiger partial charge in [0.1, 0.15) is 23.9 Å². The third kappa shape index (κ3) is 1.86. The first-order valence-corrected chi connectivity index (χ1v) is 5.15. The number of halogens is 1. The maximum atomic E-state index is 12.1. The normalized spacial score (nSPS) is 10.6.